The van der Waals surface area contributed by atoms with Gasteiger partial charge in [-0.15, -0.1) is 0 Å². The number of halogens is 13. The minimum absolute atomic E-state index is 0.0133. The highest BCUT2D eigenvalue weighted by Crippen LogP contribution is 2.51. The first-order valence-corrected chi connectivity index (χ1v) is 49.6. The van der Waals surface area contributed by atoms with Gasteiger partial charge in [0, 0.05) is 25.7 Å². The minimum atomic E-state index is -4.60. The molecule has 5 aliphatic rings. The molecule has 150 heavy (non-hydrogen) atoms. The van der Waals surface area contributed by atoms with Crippen molar-refractivity contribution in [3.05, 3.63) is 265 Å². The fourth-order valence-corrected chi connectivity index (χ4v) is 16.3. The number of alkyl halides is 12. The van der Waals surface area contributed by atoms with Crippen LogP contribution in [0.3, 0.4) is 0 Å². The molecule has 0 atom stereocenters. The number of ether oxygens (including phenoxy) is 7. The average molecular weight is 2160 g/mol. The van der Waals surface area contributed by atoms with Gasteiger partial charge in [-0.3, -0.25) is 0 Å². The summed E-state index contributed by atoms with van der Waals surface area (Å²) in [6.07, 6.45) is -11.2. The largest absolute Gasteiger partial charge is 0.478 e. The van der Waals surface area contributed by atoms with Crippen molar-refractivity contribution < 1.29 is 147 Å². The van der Waals surface area contributed by atoms with E-state index in [2.05, 4.69) is 90.3 Å². The monoisotopic (exact) mass is 2160 g/mol. The molecule has 4 aromatic heterocycles. The Morgan fingerprint density at radius 1 is 0.327 bits per heavy atom. The average Bonchev–Trinajstić information content (AvgIpc) is 1.61. The van der Waals surface area contributed by atoms with Gasteiger partial charge in [0.2, 0.25) is 43.2 Å². The van der Waals surface area contributed by atoms with E-state index in [1.54, 1.807) is 208 Å². The number of aromatic carboxylic acids is 2. The summed E-state index contributed by atoms with van der Waals surface area (Å²) in [5, 5.41) is 26.7. The molecule has 52 heteroatoms. The highest BCUT2D eigenvalue weighted by Gasteiger charge is 2.49. The molecule has 37 nitrogen and oxygen atoms in total. The molecule has 0 saturated heterocycles. The van der Waals surface area contributed by atoms with Crippen molar-refractivity contribution in [3.8, 4) is 35.5 Å². The maximum absolute atomic E-state index is 12.9. The van der Waals surface area contributed by atoms with Crippen LogP contribution in [0.2, 0.25) is 5.28 Å². The molecule has 5 fully saturated rings. The highest BCUT2D eigenvalue weighted by atomic mass is 35.5. The molecule has 0 unspecified atom stereocenters. The molecule has 5 aliphatic carbocycles. The molecule has 7 aromatic carbocycles. The Balaban J connectivity index is 0.000000169. The van der Waals surface area contributed by atoms with Crippen molar-refractivity contribution in [1.29, 1.82) is 0 Å². The van der Waals surface area contributed by atoms with Crippen LogP contribution in [0.5, 0.6) is 35.5 Å². The predicted molar refractivity (Wildman–Crippen MR) is 511 cm³/mol. The molecule has 0 bridgehead atoms. The quantitative estimate of drug-likeness (QED) is 0.00818. The van der Waals surface area contributed by atoms with Crippen LogP contribution in [0.15, 0.2) is 170 Å². The number of esters is 3. The molecule has 4 heterocycles. The summed E-state index contributed by atoms with van der Waals surface area (Å²) < 4.78 is 235. The lowest BCUT2D eigenvalue weighted by Gasteiger charge is -2.19. The zero-order valence-electron chi connectivity index (χ0n) is 81.4. The second-order valence-electron chi connectivity index (χ2n) is 38.2. The SMILES string of the molecule is CC(C)(C)OC(=O)c1ccc(Cc2nc(Cl)nc(OCC(F)(F)F)n2)cc1.CC(C)(C)OC(=O)c1ccc(Cc2nc(NC3(c4ccc(C(=O)O)cc4)CC3)nc(OCC(F)(F)F)n2)cc1.CC(C)(C)OC(=O)c1ccc(Cc2nc(NC3(c4ccc(ONS(=O)(=O)C5CC5)cc4)CC3)nc(OCC(F)(F)F)n2)cc1.O=C(O)c1ccc(Cc2nc(NC3(c4ccc(ONS(=O)(=O)C5CC5)cc4)CC3)nc(OCC(F)(F)F)n2)cc1. The lowest BCUT2D eigenvalue weighted by molar-refractivity contribution is -0.155. The number of nitrogens with zero attached hydrogens (tertiary/aromatic N) is 12. The van der Waals surface area contributed by atoms with Gasteiger partial charge >= 0.3 is 78.6 Å². The second kappa shape index (κ2) is 45.8. The number of carbonyl (C=O) groups excluding carboxylic acids is 3. The Morgan fingerprint density at radius 3 is 0.780 bits per heavy atom. The fourth-order valence-electron chi connectivity index (χ4n) is 13.9. The lowest BCUT2D eigenvalue weighted by atomic mass is 10.0. The number of benzene rings is 7. The summed E-state index contributed by atoms with van der Waals surface area (Å²) in [5.41, 5.74) is 2.79. The topological polar surface area (TPSA) is 492 Å². The molecule has 7 N–H and O–H groups in total. The van der Waals surface area contributed by atoms with Gasteiger partial charge in [0.1, 0.15) is 51.6 Å². The van der Waals surface area contributed by atoms with Gasteiger partial charge in [-0.1, -0.05) is 84.9 Å². The molecule has 0 aliphatic heterocycles. The fraction of sp³-hybridized carbons (Fsp3) is 0.398. The summed E-state index contributed by atoms with van der Waals surface area (Å²) >= 11 is 5.71. The van der Waals surface area contributed by atoms with Crippen LogP contribution in [-0.2, 0) is 76.6 Å². The Morgan fingerprint density at radius 2 is 0.553 bits per heavy atom. The maximum atomic E-state index is 12.9. The van der Waals surface area contributed by atoms with E-state index < -0.39 is 169 Å². The normalized spacial score (nSPS) is 15.0. The van der Waals surface area contributed by atoms with Crippen LogP contribution >= 0.6 is 11.6 Å². The van der Waals surface area contributed by atoms with E-state index in [-0.39, 0.29) is 83.2 Å². The number of carboxylic acid groups (broad SMARTS) is 2. The van der Waals surface area contributed by atoms with E-state index >= 15 is 0 Å². The molecular weight excluding hydrogens is 2060 g/mol. The smallest absolute Gasteiger partial charge is 0.422 e. The van der Waals surface area contributed by atoms with Crippen molar-refractivity contribution in [2.24, 2.45) is 0 Å². The maximum Gasteiger partial charge on any atom is 0.422 e. The van der Waals surface area contributed by atoms with E-state index in [4.69, 9.17) is 59.9 Å². The minimum Gasteiger partial charge on any atom is -0.478 e. The van der Waals surface area contributed by atoms with Gasteiger partial charge in [-0.05, 0) is 272 Å². The van der Waals surface area contributed by atoms with Crippen molar-refractivity contribution in [2.75, 3.05) is 42.4 Å². The lowest BCUT2D eigenvalue weighted by Crippen LogP contribution is -2.30. The van der Waals surface area contributed by atoms with Crippen molar-refractivity contribution in [3.63, 3.8) is 0 Å². The van der Waals surface area contributed by atoms with E-state index in [1.807, 2.05) is 0 Å². The third-order valence-electron chi connectivity index (χ3n) is 21.8. The number of sulfonamides is 2. The zero-order chi connectivity index (χ0) is 109. The molecule has 5 saturated carbocycles. The number of hydrogen-bond acceptors (Lipinski definition) is 33. The van der Waals surface area contributed by atoms with Crippen molar-refractivity contribution in [1.82, 2.24) is 69.6 Å². The number of rotatable bonds is 38. The van der Waals surface area contributed by atoms with Gasteiger partial charge in [-0.2, -0.15) is 108 Å². The van der Waals surface area contributed by atoms with Gasteiger partial charge in [0.25, 0.3) is 0 Å². The summed E-state index contributed by atoms with van der Waals surface area (Å²) in [6, 6.07) is 43.3. The van der Waals surface area contributed by atoms with Crippen LogP contribution in [0.4, 0.5) is 70.5 Å². The summed E-state index contributed by atoms with van der Waals surface area (Å²) in [4.78, 5) is 122. The van der Waals surface area contributed by atoms with E-state index in [9.17, 15) is 93.5 Å². The summed E-state index contributed by atoms with van der Waals surface area (Å²) in [7, 11) is -7.04. The molecule has 0 amide bonds. The number of nitrogens with one attached hydrogen (secondary N) is 5. The van der Waals surface area contributed by atoms with Crippen LogP contribution in [-0.4, -0.2) is 195 Å². The molecular formula is C98H100ClF12N17O20S2. The first-order valence-electron chi connectivity index (χ1n) is 46.1. The molecule has 11 aromatic rings. The molecule has 0 spiro atoms. The third kappa shape index (κ3) is 35.6. The van der Waals surface area contributed by atoms with E-state index in [1.165, 1.54) is 24.3 Å². The predicted octanol–water partition coefficient (Wildman–Crippen LogP) is 17.6. The summed E-state index contributed by atoms with van der Waals surface area (Å²) in [6.45, 7) is 9.64. The summed E-state index contributed by atoms with van der Waals surface area (Å²) in [5.74, 6) is -2.30. The first-order chi connectivity index (χ1) is 70.1. The van der Waals surface area contributed by atoms with Crippen LogP contribution in [0.25, 0.3) is 0 Å². The Hall–Kier alpha value is -14.6. The number of carboxylic acids is 2. The van der Waals surface area contributed by atoms with Gasteiger partial charge in [-0.25, -0.2) is 45.8 Å². The van der Waals surface area contributed by atoms with E-state index in [0.29, 0.717) is 115 Å². The first kappa shape index (κ1) is 113. The molecule has 16 rings (SSSR count). The van der Waals surface area contributed by atoms with Crippen LogP contribution in [0.1, 0.15) is 241 Å². The second-order valence-corrected chi connectivity index (χ2v) is 42.4. The zero-order valence-corrected chi connectivity index (χ0v) is 83.8. The van der Waals surface area contributed by atoms with Crippen molar-refractivity contribution >= 4 is 79.3 Å². The molecule has 800 valence electrons. The number of hydrogen-bond donors (Lipinski definition) is 7. The standard InChI is InChI=1S/C29H32F3N5O6S.C27H27F3N4O5.C25H24F3N5O6S.C17H17ClF3N3O3/c1-27(2,3)42-24(38)19-6-4-18(5-7-19)16-23-33-25(35-26(34-23)41-17-29(30,31)32)36-28(14-15-28)20-8-10-21(11-9-20)43-37-44(39,40)22-12-13-22;1-25(2,3)39-22(37)18-6-4-16(5-7-18)14-20-31-23(33-24(32-20)38-15-27(28,29)30)34-26(12-13-26)19-10-8-17(9-11-19)21(35)36;26-25(27,28)14-38-23-30-20(13-15-1-3-16(4-2-15)21(34)35)29-22(31-23)32-24(11-12-24)17-5-7-18(8-6-17)39-33-40(36,37)19-9-10-19;1-16(2,3)27-13(25)11-6-4-10(5-7-11)8-12-22-14(18)24-15(23-12)26-9-17(19,20)21/h4-11,22,37H,12-17H2,1-3H3,(H,33,34,35,36);4-11H,12-15H2,1-3H3,(H,35,36)(H,31,32,33,34);1-8,19,33H,9-14H2,(H,34,35)(H,29,30,31,32);4-7H,8-9H2,1-3H3. The number of aromatic nitrogens is 12. The Labute approximate surface area is 855 Å². The van der Waals surface area contributed by atoms with Gasteiger partial charge < -0.3 is 69.0 Å². The highest BCUT2D eigenvalue weighted by molar-refractivity contribution is 7.90. The van der Waals surface area contributed by atoms with Crippen LogP contribution < -0.4 is 54.3 Å². The van der Waals surface area contributed by atoms with Crippen molar-refractivity contribution in [2.45, 2.75) is 221 Å². The Kier molecular flexibility index (Phi) is 34.4. The van der Waals surface area contributed by atoms with Gasteiger partial charge in [0.05, 0.1) is 54.9 Å². The number of carbonyl (C=O) groups is 5. The third-order valence-corrected chi connectivity index (χ3v) is 25.3. The Bertz CT molecular complexity index is 6870. The molecule has 0 radical (unpaired) electrons. The number of anilines is 3. The van der Waals surface area contributed by atoms with E-state index in [0.717, 1.165) is 16.7 Å². The van der Waals surface area contributed by atoms with Crippen LogP contribution in [0, 0.1) is 0 Å². The van der Waals surface area contributed by atoms with Gasteiger partial charge in [0.15, 0.2) is 26.4 Å².